The molecule has 0 bridgehead atoms. The summed E-state index contributed by atoms with van der Waals surface area (Å²) < 4.78 is 1.87. The van der Waals surface area contributed by atoms with Gasteiger partial charge in [0.05, 0.1) is 17.4 Å². The fourth-order valence-electron chi connectivity index (χ4n) is 3.98. The molecule has 3 heterocycles. The van der Waals surface area contributed by atoms with Gasteiger partial charge in [-0.05, 0) is 57.1 Å². The first kappa shape index (κ1) is 20.3. The van der Waals surface area contributed by atoms with Crippen LogP contribution in [0.1, 0.15) is 38.2 Å². The van der Waals surface area contributed by atoms with Crippen LogP contribution >= 0.6 is 0 Å². The Hall–Kier alpha value is -2.99. The first-order chi connectivity index (χ1) is 14.7. The van der Waals surface area contributed by atoms with E-state index in [1.165, 1.54) is 25.7 Å². The molecule has 1 atom stereocenters. The van der Waals surface area contributed by atoms with Crippen LogP contribution in [-0.4, -0.2) is 44.7 Å². The molecule has 1 fully saturated rings. The van der Waals surface area contributed by atoms with Crippen LogP contribution in [0.15, 0.2) is 61.1 Å². The molecule has 3 aromatic rings. The van der Waals surface area contributed by atoms with E-state index in [4.69, 9.17) is 5.10 Å². The molecule has 1 aliphatic rings. The Morgan fingerprint density at radius 3 is 2.43 bits per heavy atom. The molecular weight excluding hydrogens is 374 g/mol. The quantitative estimate of drug-likeness (QED) is 0.680. The van der Waals surface area contributed by atoms with Crippen molar-refractivity contribution in [1.82, 2.24) is 25.0 Å². The lowest BCUT2D eigenvalue weighted by Crippen LogP contribution is -2.45. The molecule has 0 radical (unpaired) electrons. The monoisotopic (exact) mass is 403 g/mol. The third kappa shape index (κ3) is 4.76. The highest BCUT2D eigenvalue weighted by Gasteiger charge is 2.22. The third-order valence-corrected chi connectivity index (χ3v) is 5.79. The highest BCUT2D eigenvalue weighted by Crippen LogP contribution is 2.23. The molecule has 6 heteroatoms. The van der Waals surface area contributed by atoms with Gasteiger partial charge in [-0.1, -0.05) is 31.0 Å². The number of hydrogen-bond acceptors (Lipinski definition) is 4. The van der Waals surface area contributed by atoms with Crippen LogP contribution in [0.3, 0.4) is 0 Å². The maximum atomic E-state index is 12.9. The molecule has 4 rings (SSSR count). The largest absolute Gasteiger partial charge is 0.351 e. The number of rotatable bonds is 6. The van der Waals surface area contributed by atoms with E-state index in [-0.39, 0.29) is 11.9 Å². The average Bonchev–Trinajstić information content (AvgIpc) is 3.04. The summed E-state index contributed by atoms with van der Waals surface area (Å²) in [6.45, 7) is 4.46. The molecule has 2 aromatic heterocycles. The van der Waals surface area contributed by atoms with Crippen LogP contribution in [0.25, 0.3) is 16.9 Å². The van der Waals surface area contributed by atoms with E-state index in [9.17, 15) is 4.79 Å². The number of carbonyl (C=O) groups is 1. The molecule has 30 heavy (non-hydrogen) atoms. The number of para-hydroxylation sites is 1. The lowest BCUT2D eigenvalue weighted by atomic mass is 10.1. The molecule has 1 N–H and O–H groups in total. The molecule has 1 amide bonds. The fraction of sp³-hybridized carbons (Fsp3) is 0.375. The Kier molecular flexibility index (Phi) is 6.54. The summed E-state index contributed by atoms with van der Waals surface area (Å²) in [5.74, 6) is 0.0741. The Labute approximate surface area is 177 Å². The third-order valence-electron chi connectivity index (χ3n) is 5.79. The van der Waals surface area contributed by atoms with Crippen molar-refractivity contribution in [3.8, 4) is 16.9 Å². The average molecular weight is 404 g/mol. The normalized spacial score (nSPS) is 16.0. The standard InChI is InChI=1S/C24H29N5O/c1-19(28-15-7-2-3-8-16-28)24(30)26-17-21-18-29(22-9-5-4-6-10-22)27-23(21)20-11-13-25-14-12-20/h4-6,9-14,18-19H,2-3,7-8,15-17H2,1H3,(H,26,30). The zero-order chi connectivity index (χ0) is 20.8. The maximum absolute atomic E-state index is 12.9. The van der Waals surface area contributed by atoms with Crippen molar-refractivity contribution in [2.75, 3.05) is 13.1 Å². The van der Waals surface area contributed by atoms with Gasteiger partial charge in [0, 0.05) is 36.3 Å². The summed E-state index contributed by atoms with van der Waals surface area (Å²) in [5.41, 5.74) is 3.83. The van der Waals surface area contributed by atoms with E-state index >= 15 is 0 Å². The highest BCUT2D eigenvalue weighted by molar-refractivity contribution is 5.81. The van der Waals surface area contributed by atoms with E-state index < -0.39 is 0 Å². The predicted molar refractivity (Wildman–Crippen MR) is 118 cm³/mol. The summed E-state index contributed by atoms with van der Waals surface area (Å²) in [6, 6.07) is 13.8. The van der Waals surface area contributed by atoms with Gasteiger partial charge in [-0.25, -0.2) is 4.68 Å². The summed E-state index contributed by atoms with van der Waals surface area (Å²) >= 11 is 0. The Morgan fingerprint density at radius 1 is 1.03 bits per heavy atom. The van der Waals surface area contributed by atoms with Crippen molar-refractivity contribution >= 4 is 5.91 Å². The van der Waals surface area contributed by atoms with Gasteiger partial charge in [0.2, 0.25) is 5.91 Å². The highest BCUT2D eigenvalue weighted by atomic mass is 16.2. The number of nitrogens with one attached hydrogen (secondary N) is 1. The van der Waals surface area contributed by atoms with Crippen LogP contribution in [-0.2, 0) is 11.3 Å². The van der Waals surface area contributed by atoms with Crippen LogP contribution in [0.5, 0.6) is 0 Å². The van der Waals surface area contributed by atoms with Crippen molar-refractivity contribution in [1.29, 1.82) is 0 Å². The first-order valence-electron chi connectivity index (χ1n) is 10.8. The molecule has 0 aliphatic carbocycles. The molecule has 156 valence electrons. The second kappa shape index (κ2) is 9.67. The van der Waals surface area contributed by atoms with Crippen molar-refractivity contribution in [3.05, 3.63) is 66.6 Å². The van der Waals surface area contributed by atoms with Gasteiger partial charge in [0.25, 0.3) is 0 Å². The van der Waals surface area contributed by atoms with Gasteiger partial charge in [-0.2, -0.15) is 5.10 Å². The van der Waals surface area contributed by atoms with E-state index in [2.05, 4.69) is 15.2 Å². The van der Waals surface area contributed by atoms with E-state index in [1.54, 1.807) is 12.4 Å². The number of hydrogen-bond donors (Lipinski definition) is 1. The summed E-state index contributed by atoms with van der Waals surface area (Å²) in [4.78, 5) is 19.3. The maximum Gasteiger partial charge on any atom is 0.237 e. The molecule has 1 aromatic carbocycles. The van der Waals surface area contributed by atoms with Crippen LogP contribution in [0, 0.1) is 0 Å². The second-order valence-corrected chi connectivity index (χ2v) is 7.86. The zero-order valence-electron chi connectivity index (χ0n) is 17.5. The summed E-state index contributed by atoms with van der Waals surface area (Å²) in [6.07, 6.45) is 10.4. The van der Waals surface area contributed by atoms with Crippen molar-refractivity contribution in [3.63, 3.8) is 0 Å². The SMILES string of the molecule is CC(C(=O)NCc1cn(-c2ccccc2)nc1-c1ccncc1)N1CCCCCC1. The van der Waals surface area contributed by atoms with Gasteiger partial charge < -0.3 is 5.32 Å². The molecule has 6 nitrogen and oxygen atoms in total. The topological polar surface area (TPSA) is 63.1 Å². The molecule has 0 saturated carbocycles. The smallest absolute Gasteiger partial charge is 0.237 e. The second-order valence-electron chi connectivity index (χ2n) is 7.86. The van der Waals surface area contributed by atoms with Gasteiger partial charge in [-0.3, -0.25) is 14.7 Å². The number of carbonyl (C=O) groups excluding carboxylic acids is 1. The van der Waals surface area contributed by atoms with E-state index in [0.717, 1.165) is 35.6 Å². The molecule has 1 unspecified atom stereocenters. The van der Waals surface area contributed by atoms with Crippen molar-refractivity contribution in [2.45, 2.75) is 45.2 Å². The predicted octanol–water partition coefficient (Wildman–Crippen LogP) is 3.82. The van der Waals surface area contributed by atoms with Gasteiger partial charge in [-0.15, -0.1) is 0 Å². The minimum Gasteiger partial charge on any atom is -0.351 e. The minimum absolute atomic E-state index is 0.0741. The lowest BCUT2D eigenvalue weighted by molar-refractivity contribution is -0.126. The van der Waals surface area contributed by atoms with Gasteiger partial charge in [0.15, 0.2) is 0 Å². The van der Waals surface area contributed by atoms with Crippen molar-refractivity contribution < 1.29 is 4.79 Å². The lowest BCUT2D eigenvalue weighted by Gasteiger charge is -2.26. The Morgan fingerprint density at radius 2 is 1.73 bits per heavy atom. The number of benzene rings is 1. The van der Waals surface area contributed by atoms with E-state index in [1.807, 2.05) is 60.3 Å². The number of likely N-dealkylation sites (tertiary alicyclic amines) is 1. The first-order valence-corrected chi connectivity index (χ1v) is 10.8. The number of aromatic nitrogens is 3. The molecule has 1 aliphatic heterocycles. The number of amides is 1. The number of pyridine rings is 1. The Balaban J connectivity index is 1.52. The fourth-order valence-corrected chi connectivity index (χ4v) is 3.98. The molecular formula is C24H29N5O. The van der Waals surface area contributed by atoms with Gasteiger partial charge >= 0.3 is 0 Å². The molecule has 0 spiro atoms. The minimum atomic E-state index is -0.114. The van der Waals surface area contributed by atoms with Crippen LogP contribution in [0.4, 0.5) is 0 Å². The number of nitrogens with zero attached hydrogens (tertiary/aromatic N) is 4. The summed E-state index contributed by atoms with van der Waals surface area (Å²) in [7, 11) is 0. The zero-order valence-corrected chi connectivity index (χ0v) is 17.5. The van der Waals surface area contributed by atoms with Crippen molar-refractivity contribution in [2.24, 2.45) is 0 Å². The summed E-state index contributed by atoms with van der Waals surface area (Å²) in [5, 5.41) is 7.94. The Bertz CT molecular complexity index is 946. The van der Waals surface area contributed by atoms with Crippen LogP contribution < -0.4 is 5.32 Å². The van der Waals surface area contributed by atoms with E-state index in [0.29, 0.717) is 6.54 Å². The van der Waals surface area contributed by atoms with Gasteiger partial charge in [0.1, 0.15) is 0 Å². The molecule has 1 saturated heterocycles. The van der Waals surface area contributed by atoms with Crippen LogP contribution in [0.2, 0.25) is 0 Å².